The summed E-state index contributed by atoms with van der Waals surface area (Å²) in [5, 5.41) is 0. The Morgan fingerprint density at radius 1 is 0.941 bits per heavy atom. The highest BCUT2D eigenvalue weighted by atomic mass is 19.3. The first-order valence-electron chi connectivity index (χ1n) is 5.34. The van der Waals surface area contributed by atoms with Crippen LogP contribution in [-0.2, 0) is 19.1 Å². The highest BCUT2D eigenvalue weighted by molar-refractivity contribution is 6.01. The van der Waals surface area contributed by atoms with E-state index in [2.05, 4.69) is 9.47 Å². The molecule has 0 amide bonds. The molecule has 0 aliphatic heterocycles. The number of methoxy groups -OCH3 is 2. The van der Waals surface area contributed by atoms with E-state index in [-0.39, 0.29) is 25.7 Å². The Labute approximate surface area is 97.3 Å². The van der Waals surface area contributed by atoms with Crippen LogP contribution in [-0.4, -0.2) is 32.1 Å². The maximum atomic E-state index is 12.8. The molecule has 0 atom stereocenters. The Bertz CT molecular complexity index is 344. The molecule has 2 fully saturated rings. The van der Waals surface area contributed by atoms with E-state index in [1.807, 2.05) is 0 Å². The minimum Gasteiger partial charge on any atom is -0.468 e. The summed E-state index contributed by atoms with van der Waals surface area (Å²) in [5.41, 5.74) is -1.94. The predicted molar refractivity (Wildman–Crippen MR) is 52.3 cm³/mol. The third-order valence-electron chi connectivity index (χ3n) is 3.77. The van der Waals surface area contributed by atoms with Crippen molar-refractivity contribution in [2.45, 2.75) is 31.6 Å². The second kappa shape index (κ2) is 3.40. The molecule has 0 aromatic heterocycles. The molecule has 2 aliphatic carbocycles. The SMILES string of the molecule is COC(=O)C1(C(=O)OC)CC2(CC(F)(F)C2)C1. The molecule has 0 bridgehead atoms. The van der Waals surface area contributed by atoms with E-state index < -0.39 is 28.7 Å². The lowest BCUT2D eigenvalue weighted by Gasteiger charge is -2.60. The van der Waals surface area contributed by atoms with Gasteiger partial charge in [0.05, 0.1) is 14.2 Å². The van der Waals surface area contributed by atoms with Crippen LogP contribution in [0.2, 0.25) is 0 Å². The second-order valence-electron chi connectivity index (χ2n) is 5.13. The van der Waals surface area contributed by atoms with Crippen molar-refractivity contribution in [3.8, 4) is 0 Å². The van der Waals surface area contributed by atoms with Crippen molar-refractivity contribution in [2.24, 2.45) is 10.8 Å². The van der Waals surface area contributed by atoms with Crippen molar-refractivity contribution in [1.82, 2.24) is 0 Å². The number of alkyl halides is 2. The van der Waals surface area contributed by atoms with E-state index in [0.29, 0.717) is 0 Å². The van der Waals surface area contributed by atoms with Gasteiger partial charge in [0.1, 0.15) is 0 Å². The van der Waals surface area contributed by atoms with E-state index in [0.717, 1.165) is 0 Å². The zero-order valence-electron chi connectivity index (χ0n) is 9.72. The van der Waals surface area contributed by atoms with Crippen molar-refractivity contribution in [1.29, 1.82) is 0 Å². The van der Waals surface area contributed by atoms with Crippen LogP contribution in [0, 0.1) is 10.8 Å². The molecule has 2 aliphatic rings. The number of halogens is 2. The number of rotatable bonds is 2. The Morgan fingerprint density at radius 2 is 1.35 bits per heavy atom. The Balaban J connectivity index is 2.10. The standard InChI is InChI=1S/C11H14F2O4/c1-16-7(14)10(8(15)17-2)3-9(4-10)5-11(12,13)6-9/h3-6H2,1-2H3. The van der Waals surface area contributed by atoms with Crippen LogP contribution >= 0.6 is 0 Å². The van der Waals surface area contributed by atoms with E-state index >= 15 is 0 Å². The number of hydrogen-bond acceptors (Lipinski definition) is 4. The fourth-order valence-electron chi connectivity index (χ4n) is 3.29. The monoisotopic (exact) mass is 248 g/mol. The molecule has 4 nitrogen and oxygen atoms in total. The molecule has 2 rings (SSSR count). The Morgan fingerprint density at radius 3 is 1.65 bits per heavy atom. The van der Waals surface area contributed by atoms with Gasteiger partial charge in [0.2, 0.25) is 5.92 Å². The number of esters is 2. The topological polar surface area (TPSA) is 52.6 Å². The molecule has 6 heteroatoms. The highest BCUT2D eigenvalue weighted by Gasteiger charge is 2.72. The third kappa shape index (κ3) is 1.61. The first-order valence-corrected chi connectivity index (χ1v) is 5.34. The molecule has 0 aromatic rings. The van der Waals surface area contributed by atoms with Crippen LogP contribution in [0.1, 0.15) is 25.7 Å². The largest absolute Gasteiger partial charge is 0.468 e. The molecule has 0 saturated heterocycles. The van der Waals surface area contributed by atoms with Gasteiger partial charge in [-0.25, -0.2) is 8.78 Å². The molecular weight excluding hydrogens is 234 g/mol. The minimum atomic E-state index is -2.65. The molecule has 0 heterocycles. The van der Waals surface area contributed by atoms with Crippen LogP contribution in [0.15, 0.2) is 0 Å². The molecule has 17 heavy (non-hydrogen) atoms. The van der Waals surface area contributed by atoms with Crippen LogP contribution in [0.5, 0.6) is 0 Å². The van der Waals surface area contributed by atoms with E-state index in [1.54, 1.807) is 0 Å². The fourth-order valence-corrected chi connectivity index (χ4v) is 3.29. The molecule has 0 radical (unpaired) electrons. The van der Waals surface area contributed by atoms with Gasteiger partial charge in [0.15, 0.2) is 5.41 Å². The van der Waals surface area contributed by atoms with Crippen molar-refractivity contribution < 1.29 is 27.8 Å². The van der Waals surface area contributed by atoms with Crippen LogP contribution in [0.4, 0.5) is 8.78 Å². The van der Waals surface area contributed by atoms with Crippen molar-refractivity contribution in [3.63, 3.8) is 0 Å². The quantitative estimate of drug-likeness (QED) is 0.549. The van der Waals surface area contributed by atoms with Gasteiger partial charge < -0.3 is 9.47 Å². The lowest BCUT2D eigenvalue weighted by molar-refractivity contribution is -0.240. The summed E-state index contributed by atoms with van der Waals surface area (Å²) in [4.78, 5) is 23.2. The summed E-state index contributed by atoms with van der Waals surface area (Å²) in [6, 6.07) is 0. The number of carbonyl (C=O) groups is 2. The maximum Gasteiger partial charge on any atom is 0.323 e. The lowest BCUT2D eigenvalue weighted by atomic mass is 9.44. The van der Waals surface area contributed by atoms with Crippen molar-refractivity contribution in [2.75, 3.05) is 14.2 Å². The Kier molecular flexibility index (Phi) is 2.45. The average Bonchev–Trinajstić information content (AvgIpc) is 2.19. The fraction of sp³-hybridized carbons (Fsp3) is 0.818. The zero-order valence-corrected chi connectivity index (χ0v) is 9.72. The summed E-state index contributed by atoms with van der Waals surface area (Å²) in [5.74, 6) is -4.03. The number of carbonyl (C=O) groups excluding carboxylic acids is 2. The zero-order chi connectivity index (χ0) is 12.9. The van der Waals surface area contributed by atoms with Gasteiger partial charge >= 0.3 is 11.9 Å². The molecule has 2 saturated carbocycles. The summed E-state index contributed by atoms with van der Waals surface area (Å²) < 4.78 is 34.8. The minimum absolute atomic E-state index is 0.106. The van der Waals surface area contributed by atoms with E-state index in [1.165, 1.54) is 14.2 Å². The van der Waals surface area contributed by atoms with Gasteiger partial charge in [-0.3, -0.25) is 9.59 Å². The first kappa shape index (κ1) is 12.3. The van der Waals surface area contributed by atoms with Gasteiger partial charge in [-0.15, -0.1) is 0 Å². The number of ether oxygens (including phenoxy) is 2. The average molecular weight is 248 g/mol. The third-order valence-corrected chi connectivity index (χ3v) is 3.77. The predicted octanol–water partition coefficient (Wildman–Crippen LogP) is 1.53. The smallest absolute Gasteiger partial charge is 0.323 e. The number of hydrogen-bond donors (Lipinski definition) is 0. The van der Waals surface area contributed by atoms with Crippen LogP contribution in [0.3, 0.4) is 0 Å². The molecule has 0 aromatic carbocycles. The van der Waals surface area contributed by atoms with Crippen molar-refractivity contribution >= 4 is 11.9 Å². The van der Waals surface area contributed by atoms with E-state index in [4.69, 9.17) is 0 Å². The second-order valence-corrected chi connectivity index (χ2v) is 5.13. The van der Waals surface area contributed by atoms with Crippen LogP contribution < -0.4 is 0 Å². The first-order chi connectivity index (χ1) is 7.79. The Hall–Kier alpha value is -1.20. The molecule has 0 N–H and O–H groups in total. The van der Waals surface area contributed by atoms with Gasteiger partial charge in [-0.05, 0) is 18.3 Å². The maximum absolute atomic E-state index is 12.8. The molecular formula is C11H14F2O4. The molecule has 96 valence electrons. The van der Waals surface area contributed by atoms with Crippen LogP contribution in [0.25, 0.3) is 0 Å². The molecule has 1 spiro atoms. The molecule has 0 unspecified atom stereocenters. The van der Waals surface area contributed by atoms with Gasteiger partial charge in [-0.1, -0.05) is 0 Å². The van der Waals surface area contributed by atoms with Crippen molar-refractivity contribution in [3.05, 3.63) is 0 Å². The lowest BCUT2D eigenvalue weighted by Crippen LogP contribution is -2.63. The summed E-state index contributed by atoms with van der Waals surface area (Å²) >= 11 is 0. The highest BCUT2D eigenvalue weighted by Crippen LogP contribution is 2.69. The normalized spacial score (nSPS) is 26.6. The van der Waals surface area contributed by atoms with E-state index in [9.17, 15) is 18.4 Å². The summed E-state index contributed by atoms with van der Waals surface area (Å²) in [6.07, 6.45) is -0.296. The van der Waals surface area contributed by atoms with Gasteiger partial charge in [-0.2, -0.15) is 0 Å². The van der Waals surface area contributed by atoms with Gasteiger partial charge in [0.25, 0.3) is 0 Å². The summed E-state index contributed by atoms with van der Waals surface area (Å²) in [7, 11) is 2.35. The van der Waals surface area contributed by atoms with Gasteiger partial charge in [0, 0.05) is 12.8 Å². The summed E-state index contributed by atoms with van der Waals surface area (Å²) in [6.45, 7) is 0.